The molecule has 1 rings (SSSR count). The van der Waals surface area contributed by atoms with Gasteiger partial charge in [-0.05, 0) is 33.6 Å². The molecule has 2 N–H and O–H groups in total. The first-order chi connectivity index (χ1) is 8.83. The van der Waals surface area contributed by atoms with Crippen molar-refractivity contribution in [2.75, 3.05) is 19.8 Å². The summed E-state index contributed by atoms with van der Waals surface area (Å²) in [6.45, 7) is 6.01. The minimum absolute atomic E-state index is 0.0747. The number of aliphatic carboxylic acids is 1. The Hall–Kier alpha value is -1.14. The average Bonchev–Trinajstić information content (AvgIpc) is 2.85. The van der Waals surface area contributed by atoms with Gasteiger partial charge in [0.2, 0.25) is 5.91 Å². The Morgan fingerprint density at radius 1 is 1.53 bits per heavy atom. The summed E-state index contributed by atoms with van der Waals surface area (Å²) >= 11 is 0. The Bertz CT molecular complexity index is 323. The molecule has 0 spiro atoms. The summed E-state index contributed by atoms with van der Waals surface area (Å²) in [6, 6.07) is 0. The van der Waals surface area contributed by atoms with Crippen LogP contribution >= 0.6 is 0 Å². The van der Waals surface area contributed by atoms with Gasteiger partial charge in [-0.25, -0.2) is 0 Å². The average molecular weight is 273 g/mol. The highest BCUT2D eigenvalue weighted by molar-refractivity contribution is 5.81. The lowest BCUT2D eigenvalue weighted by molar-refractivity contribution is -0.147. The minimum atomic E-state index is -0.982. The second-order valence-electron chi connectivity index (χ2n) is 5.52. The van der Waals surface area contributed by atoms with Crippen LogP contribution in [0.15, 0.2) is 0 Å². The monoisotopic (exact) mass is 273 g/mol. The number of hydrogen-bond donors (Lipinski definition) is 2. The number of carbonyl (C=O) groups excluding carboxylic acids is 1. The number of carboxylic acid groups (broad SMARTS) is 1. The molecule has 1 aliphatic rings. The molecule has 110 valence electrons. The van der Waals surface area contributed by atoms with E-state index >= 15 is 0 Å². The molecular formula is C13H23NO5. The van der Waals surface area contributed by atoms with Crippen LogP contribution in [0.1, 0.15) is 33.6 Å². The summed E-state index contributed by atoms with van der Waals surface area (Å²) in [6.07, 6.45) is 1.46. The molecule has 2 atom stereocenters. The van der Waals surface area contributed by atoms with Crippen LogP contribution in [-0.2, 0) is 19.1 Å². The fraction of sp³-hybridized carbons (Fsp3) is 0.846. The van der Waals surface area contributed by atoms with Crippen molar-refractivity contribution in [2.45, 2.75) is 45.8 Å². The third-order valence-electron chi connectivity index (χ3n) is 3.21. The van der Waals surface area contributed by atoms with Crippen LogP contribution < -0.4 is 5.32 Å². The quantitative estimate of drug-likeness (QED) is 0.716. The summed E-state index contributed by atoms with van der Waals surface area (Å²) in [4.78, 5) is 22.7. The third-order valence-corrected chi connectivity index (χ3v) is 3.21. The summed E-state index contributed by atoms with van der Waals surface area (Å²) < 4.78 is 10.8. The van der Waals surface area contributed by atoms with Crippen molar-refractivity contribution in [3.05, 3.63) is 0 Å². The number of carbonyl (C=O) groups is 2. The van der Waals surface area contributed by atoms with E-state index in [1.165, 1.54) is 0 Å². The van der Waals surface area contributed by atoms with Crippen LogP contribution in [0.25, 0.3) is 0 Å². The van der Waals surface area contributed by atoms with E-state index in [9.17, 15) is 9.59 Å². The smallest absolute Gasteiger partial charge is 0.310 e. The van der Waals surface area contributed by atoms with Crippen molar-refractivity contribution < 1.29 is 24.2 Å². The van der Waals surface area contributed by atoms with Gasteiger partial charge in [0.1, 0.15) is 6.10 Å². The lowest BCUT2D eigenvalue weighted by Gasteiger charge is -2.21. The molecule has 0 saturated carbocycles. The number of amides is 1. The molecule has 6 heteroatoms. The maximum Gasteiger partial charge on any atom is 0.310 e. The molecule has 0 radical (unpaired) electrons. The Balaban J connectivity index is 2.26. The van der Waals surface area contributed by atoms with Gasteiger partial charge in [-0.3, -0.25) is 9.59 Å². The molecule has 1 saturated heterocycles. The van der Waals surface area contributed by atoms with E-state index in [0.29, 0.717) is 6.61 Å². The number of ether oxygens (including phenoxy) is 2. The highest BCUT2D eigenvalue weighted by Crippen LogP contribution is 2.14. The van der Waals surface area contributed by atoms with E-state index in [1.54, 1.807) is 20.8 Å². The summed E-state index contributed by atoms with van der Waals surface area (Å²) in [5, 5.41) is 11.5. The largest absolute Gasteiger partial charge is 0.481 e. The highest BCUT2D eigenvalue weighted by Gasteiger charge is 2.28. The topological polar surface area (TPSA) is 84.9 Å². The predicted octanol–water partition coefficient (Wildman–Crippen LogP) is 0.798. The second-order valence-corrected chi connectivity index (χ2v) is 5.52. The van der Waals surface area contributed by atoms with Gasteiger partial charge in [-0.2, -0.15) is 0 Å². The number of hydrogen-bond acceptors (Lipinski definition) is 4. The van der Waals surface area contributed by atoms with Crippen molar-refractivity contribution in [2.24, 2.45) is 5.41 Å². The molecule has 19 heavy (non-hydrogen) atoms. The van der Waals surface area contributed by atoms with E-state index in [-0.39, 0.29) is 18.6 Å². The normalized spacial score (nSPS) is 21.1. The van der Waals surface area contributed by atoms with Gasteiger partial charge in [0.15, 0.2) is 0 Å². The van der Waals surface area contributed by atoms with Gasteiger partial charge < -0.3 is 19.9 Å². The van der Waals surface area contributed by atoms with Crippen molar-refractivity contribution in [3.63, 3.8) is 0 Å². The highest BCUT2D eigenvalue weighted by atomic mass is 16.5. The van der Waals surface area contributed by atoms with Gasteiger partial charge in [-0.1, -0.05) is 0 Å². The van der Waals surface area contributed by atoms with Crippen molar-refractivity contribution >= 4 is 11.9 Å². The van der Waals surface area contributed by atoms with Crippen LogP contribution in [0, 0.1) is 5.41 Å². The molecule has 2 unspecified atom stereocenters. The van der Waals surface area contributed by atoms with Crippen LogP contribution in [0.3, 0.4) is 0 Å². The molecule has 1 heterocycles. The molecule has 0 aromatic heterocycles. The molecule has 0 aromatic carbocycles. The Morgan fingerprint density at radius 3 is 2.74 bits per heavy atom. The van der Waals surface area contributed by atoms with Crippen molar-refractivity contribution in [1.29, 1.82) is 0 Å². The molecule has 6 nitrogen and oxygen atoms in total. The van der Waals surface area contributed by atoms with Crippen molar-refractivity contribution in [1.82, 2.24) is 5.32 Å². The van der Waals surface area contributed by atoms with E-state index in [0.717, 1.165) is 19.4 Å². The summed E-state index contributed by atoms with van der Waals surface area (Å²) in [5.41, 5.74) is -0.982. The van der Waals surface area contributed by atoms with Gasteiger partial charge in [-0.15, -0.1) is 0 Å². The fourth-order valence-electron chi connectivity index (χ4n) is 1.63. The van der Waals surface area contributed by atoms with E-state index in [2.05, 4.69) is 5.32 Å². The zero-order chi connectivity index (χ0) is 14.5. The van der Waals surface area contributed by atoms with E-state index < -0.39 is 17.5 Å². The molecule has 0 aromatic rings. The van der Waals surface area contributed by atoms with E-state index in [1.807, 2.05) is 0 Å². The first kappa shape index (κ1) is 15.9. The first-order valence-electron chi connectivity index (χ1n) is 6.57. The van der Waals surface area contributed by atoms with Crippen LogP contribution in [0.4, 0.5) is 0 Å². The summed E-state index contributed by atoms with van der Waals surface area (Å²) in [7, 11) is 0. The fourth-order valence-corrected chi connectivity index (χ4v) is 1.63. The standard InChI is InChI=1S/C13H23NO5/c1-9(19-7-10-5-4-6-18-10)11(15)14-8-13(2,3)12(16)17/h9-10H,4-8H2,1-3H3,(H,14,15)(H,16,17). The van der Waals surface area contributed by atoms with Gasteiger partial charge in [0.05, 0.1) is 18.1 Å². The lowest BCUT2D eigenvalue weighted by atomic mass is 9.94. The number of nitrogens with one attached hydrogen (secondary N) is 1. The minimum Gasteiger partial charge on any atom is -0.481 e. The lowest BCUT2D eigenvalue weighted by Crippen LogP contribution is -2.43. The van der Waals surface area contributed by atoms with Crippen LogP contribution in [0.2, 0.25) is 0 Å². The Kier molecular flexibility index (Phi) is 5.75. The Labute approximate surface area is 113 Å². The van der Waals surface area contributed by atoms with Crippen molar-refractivity contribution in [3.8, 4) is 0 Å². The number of rotatable bonds is 7. The Morgan fingerprint density at radius 2 is 2.21 bits per heavy atom. The predicted molar refractivity (Wildman–Crippen MR) is 68.8 cm³/mol. The van der Waals surface area contributed by atoms with Gasteiger partial charge >= 0.3 is 5.97 Å². The second kappa shape index (κ2) is 6.86. The molecule has 0 bridgehead atoms. The molecular weight excluding hydrogens is 250 g/mol. The molecule has 1 aliphatic heterocycles. The zero-order valence-electron chi connectivity index (χ0n) is 11.8. The van der Waals surface area contributed by atoms with Crippen LogP contribution in [-0.4, -0.2) is 48.9 Å². The van der Waals surface area contributed by atoms with Gasteiger partial charge in [0, 0.05) is 13.2 Å². The van der Waals surface area contributed by atoms with E-state index in [4.69, 9.17) is 14.6 Å². The zero-order valence-corrected chi connectivity index (χ0v) is 11.8. The molecule has 0 aliphatic carbocycles. The SMILES string of the molecule is CC(OCC1CCCO1)C(=O)NCC(C)(C)C(=O)O. The number of carboxylic acids is 1. The maximum atomic E-state index is 11.7. The molecule has 1 amide bonds. The molecule has 1 fully saturated rings. The summed E-state index contributed by atoms with van der Waals surface area (Å²) in [5.74, 6) is -1.24. The van der Waals surface area contributed by atoms with Gasteiger partial charge in [0.25, 0.3) is 0 Å². The van der Waals surface area contributed by atoms with Crippen LogP contribution in [0.5, 0.6) is 0 Å². The third kappa shape index (κ3) is 5.16. The maximum absolute atomic E-state index is 11.7. The first-order valence-corrected chi connectivity index (χ1v) is 6.57.